The number of carbonyl (C=O) groups is 1. The van der Waals surface area contributed by atoms with Crippen molar-refractivity contribution in [3.05, 3.63) is 41.5 Å². The van der Waals surface area contributed by atoms with Crippen molar-refractivity contribution < 1.29 is 9.90 Å². The SMILES string of the molecule is CCc1ccc(/C=C/C(=O)NC(CCO)C(C)(C)C)cc1. The molecule has 0 aliphatic rings. The number of amides is 1. The molecule has 0 saturated carbocycles. The van der Waals surface area contributed by atoms with E-state index in [2.05, 4.69) is 45.1 Å². The zero-order valence-corrected chi connectivity index (χ0v) is 13.5. The van der Waals surface area contributed by atoms with Gasteiger partial charge >= 0.3 is 0 Å². The summed E-state index contributed by atoms with van der Waals surface area (Å²) in [6.07, 6.45) is 4.94. The van der Waals surface area contributed by atoms with Crippen molar-refractivity contribution in [1.82, 2.24) is 5.32 Å². The van der Waals surface area contributed by atoms with Gasteiger partial charge in [0.15, 0.2) is 0 Å². The van der Waals surface area contributed by atoms with Gasteiger partial charge in [-0.3, -0.25) is 4.79 Å². The van der Waals surface area contributed by atoms with Gasteiger partial charge in [-0.15, -0.1) is 0 Å². The van der Waals surface area contributed by atoms with Crippen LogP contribution in [0.1, 0.15) is 45.2 Å². The summed E-state index contributed by atoms with van der Waals surface area (Å²) in [5, 5.41) is 12.1. The molecule has 1 amide bonds. The molecule has 1 unspecified atom stereocenters. The van der Waals surface area contributed by atoms with E-state index in [-0.39, 0.29) is 24.0 Å². The average Bonchev–Trinajstić information content (AvgIpc) is 2.44. The first-order valence-corrected chi connectivity index (χ1v) is 7.55. The number of aryl methyl sites for hydroxylation is 1. The zero-order valence-electron chi connectivity index (χ0n) is 13.5. The van der Waals surface area contributed by atoms with Gasteiger partial charge in [0.25, 0.3) is 0 Å². The minimum atomic E-state index is -0.122. The van der Waals surface area contributed by atoms with Crippen LogP contribution in [0, 0.1) is 5.41 Å². The summed E-state index contributed by atoms with van der Waals surface area (Å²) in [4.78, 5) is 12.0. The normalized spacial score (nSPS) is 13.4. The van der Waals surface area contributed by atoms with Crippen molar-refractivity contribution >= 4 is 12.0 Å². The van der Waals surface area contributed by atoms with Gasteiger partial charge < -0.3 is 10.4 Å². The predicted molar refractivity (Wildman–Crippen MR) is 87.9 cm³/mol. The predicted octanol–water partition coefficient (Wildman–Crippen LogP) is 3.18. The number of nitrogens with one attached hydrogen (secondary N) is 1. The van der Waals surface area contributed by atoms with Crippen molar-refractivity contribution in [2.75, 3.05) is 6.61 Å². The fourth-order valence-corrected chi connectivity index (χ4v) is 2.11. The Morgan fingerprint density at radius 2 is 1.90 bits per heavy atom. The molecule has 0 saturated heterocycles. The lowest BCUT2D eigenvalue weighted by Gasteiger charge is -2.30. The van der Waals surface area contributed by atoms with E-state index in [1.54, 1.807) is 6.08 Å². The standard InChI is InChI=1S/C18H27NO2/c1-5-14-6-8-15(9-7-14)10-11-17(21)19-16(12-13-20)18(2,3)4/h6-11,16,20H,5,12-13H2,1-4H3,(H,19,21)/b11-10+. The van der Waals surface area contributed by atoms with E-state index in [1.165, 1.54) is 5.56 Å². The van der Waals surface area contributed by atoms with Crippen LogP contribution in [0.4, 0.5) is 0 Å². The molecule has 1 aromatic carbocycles. The van der Waals surface area contributed by atoms with Crippen LogP contribution in [0.2, 0.25) is 0 Å². The van der Waals surface area contributed by atoms with Gasteiger partial charge in [-0.25, -0.2) is 0 Å². The van der Waals surface area contributed by atoms with Crippen molar-refractivity contribution in [3.63, 3.8) is 0 Å². The van der Waals surface area contributed by atoms with Gasteiger partial charge in [-0.1, -0.05) is 52.0 Å². The topological polar surface area (TPSA) is 49.3 Å². The number of hydrogen-bond acceptors (Lipinski definition) is 2. The van der Waals surface area contributed by atoms with E-state index < -0.39 is 0 Å². The van der Waals surface area contributed by atoms with Crippen LogP contribution < -0.4 is 5.32 Å². The molecule has 0 heterocycles. The van der Waals surface area contributed by atoms with Crippen molar-refractivity contribution in [3.8, 4) is 0 Å². The lowest BCUT2D eigenvalue weighted by molar-refractivity contribution is -0.118. The summed E-state index contributed by atoms with van der Waals surface area (Å²) in [6.45, 7) is 8.36. The molecule has 0 radical (unpaired) electrons. The number of benzene rings is 1. The van der Waals surface area contributed by atoms with E-state index in [0.717, 1.165) is 12.0 Å². The Labute approximate surface area is 128 Å². The fraction of sp³-hybridized carbons (Fsp3) is 0.500. The molecule has 21 heavy (non-hydrogen) atoms. The van der Waals surface area contributed by atoms with Crippen LogP contribution in [0.5, 0.6) is 0 Å². The van der Waals surface area contributed by atoms with Gasteiger partial charge in [0, 0.05) is 18.7 Å². The molecule has 116 valence electrons. The molecular formula is C18H27NO2. The summed E-state index contributed by atoms with van der Waals surface area (Å²) in [5.41, 5.74) is 2.22. The number of rotatable bonds is 6. The lowest BCUT2D eigenvalue weighted by Crippen LogP contribution is -2.43. The second-order valence-corrected chi connectivity index (χ2v) is 6.37. The molecule has 1 atom stereocenters. The Balaban J connectivity index is 2.64. The van der Waals surface area contributed by atoms with E-state index in [0.29, 0.717) is 6.42 Å². The van der Waals surface area contributed by atoms with Crippen molar-refractivity contribution in [2.45, 2.75) is 46.6 Å². The maximum absolute atomic E-state index is 12.0. The molecular weight excluding hydrogens is 262 g/mol. The fourth-order valence-electron chi connectivity index (χ4n) is 2.11. The first-order valence-electron chi connectivity index (χ1n) is 7.55. The zero-order chi connectivity index (χ0) is 15.9. The van der Waals surface area contributed by atoms with Crippen LogP contribution in [0.25, 0.3) is 6.08 Å². The number of aliphatic hydroxyl groups excluding tert-OH is 1. The first-order chi connectivity index (χ1) is 9.86. The second kappa shape index (κ2) is 7.99. The van der Waals surface area contributed by atoms with Gasteiger partial charge in [0.1, 0.15) is 0 Å². The summed E-state index contributed by atoms with van der Waals surface area (Å²) in [5.74, 6) is -0.122. The maximum Gasteiger partial charge on any atom is 0.244 e. The van der Waals surface area contributed by atoms with Gasteiger partial charge in [0.2, 0.25) is 5.91 Å². The molecule has 0 fully saturated rings. The highest BCUT2D eigenvalue weighted by Crippen LogP contribution is 2.21. The van der Waals surface area contributed by atoms with Crippen LogP contribution >= 0.6 is 0 Å². The molecule has 2 N–H and O–H groups in total. The van der Waals surface area contributed by atoms with Crippen LogP contribution in [0.3, 0.4) is 0 Å². The van der Waals surface area contributed by atoms with E-state index >= 15 is 0 Å². The monoisotopic (exact) mass is 289 g/mol. The summed E-state index contributed by atoms with van der Waals surface area (Å²) in [6, 6.07) is 8.12. The summed E-state index contributed by atoms with van der Waals surface area (Å²) >= 11 is 0. The third kappa shape index (κ3) is 6.13. The molecule has 1 aromatic rings. The number of hydrogen-bond donors (Lipinski definition) is 2. The molecule has 0 aromatic heterocycles. The molecule has 0 spiro atoms. The van der Waals surface area contributed by atoms with Crippen molar-refractivity contribution in [2.24, 2.45) is 5.41 Å². The highest BCUT2D eigenvalue weighted by Gasteiger charge is 2.24. The lowest BCUT2D eigenvalue weighted by atomic mass is 9.85. The highest BCUT2D eigenvalue weighted by atomic mass is 16.3. The third-order valence-corrected chi connectivity index (χ3v) is 3.59. The van der Waals surface area contributed by atoms with E-state index in [9.17, 15) is 4.79 Å². The number of aliphatic hydroxyl groups is 1. The first kappa shape index (κ1) is 17.4. The minimum absolute atomic E-state index is 0.0397. The third-order valence-electron chi connectivity index (χ3n) is 3.59. The smallest absolute Gasteiger partial charge is 0.244 e. The summed E-state index contributed by atoms with van der Waals surface area (Å²) < 4.78 is 0. The molecule has 0 bridgehead atoms. The average molecular weight is 289 g/mol. The molecule has 3 nitrogen and oxygen atoms in total. The molecule has 0 aliphatic carbocycles. The van der Waals surface area contributed by atoms with Gasteiger partial charge in [-0.05, 0) is 35.5 Å². The van der Waals surface area contributed by atoms with Crippen LogP contribution in [-0.4, -0.2) is 23.7 Å². The van der Waals surface area contributed by atoms with Gasteiger partial charge in [-0.2, -0.15) is 0 Å². The molecule has 0 aliphatic heterocycles. The minimum Gasteiger partial charge on any atom is -0.396 e. The number of carbonyl (C=O) groups excluding carboxylic acids is 1. The van der Waals surface area contributed by atoms with Crippen LogP contribution in [0.15, 0.2) is 30.3 Å². The second-order valence-electron chi connectivity index (χ2n) is 6.37. The van der Waals surface area contributed by atoms with E-state index in [4.69, 9.17) is 5.11 Å². The Morgan fingerprint density at radius 1 is 1.29 bits per heavy atom. The summed E-state index contributed by atoms with van der Waals surface area (Å²) in [7, 11) is 0. The highest BCUT2D eigenvalue weighted by molar-refractivity contribution is 5.91. The Hall–Kier alpha value is -1.61. The van der Waals surface area contributed by atoms with Crippen LogP contribution in [-0.2, 0) is 11.2 Å². The Bertz CT molecular complexity index is 469. The van der Waals surface area contributed by atoms with E-state index in [1.807, 2.05) is 18.2 Å². The molecule has 3 heteroatoms. The molecule has 1 rings (SSSR count). The Kier molecular flexibility index (Phi) is 6.63. The Morgan fingerprint density at radius 3 is 2.38 bits per heavy atom. The van der Waals surface area contributed by atoms with Crippen molar-refractivity contribution in [1.29, 1.82) is 0 Å². The maximum atomic E-state index is 12.0. The quantitative estimate of drug-likeness (QED) is 0.790. The largest absolute Gasteiger partial charge is 0.396 e. The van der Waals surface area contributed by atoms with Gasteiger partial charge in [0.05, 0.1) is 0 Å².